The van der Waals surface area contributed by atoms with Gasteiger partial charge in [-0.15, -0.1) is 15.3 Å². The summed E-state index contributed by atoms with van der Waals surface area (Å²) in [5.41, 5.74) is 1.03. The number of aromatic hydroxyl groups is 1. The molecule has 2 fully saturated rings. The Balaban J connectivity index is 1.36. The first-order valence-corrected chi connectivity index (χ1v) is 10.9. The predicted octanol–water partition coefficient (Wildman–Crippen LogP) is 2.14. The van der Waals surface area contributed by atoms with Crippen LogP contribution >= 0.6 is 0 Å². The van der Waals surface area contributed by atoms with Crippen molar-refractivity contribution >= 4 is 5.82 Å². The van der Waals surface area contributed by atoms with Gasteiger partial charge in [0.1, 0.15) is 18.0 Å². The molecule has 2 aliphatic heterocycles. The maximum Gasteiger partial charge on any atom is 0.185 e. The van der Waals surface area contributed by atoms with E-state index in [2.05, 4.69) is 37.7 Å². The SMILES string of the molecule is CN(c1cnc(-c2ccc(-n3cc(C#N)nn3)cc2O)nn1)[C@H]1C[C@]2(C)CCC[C@H](N2)[C@H]1F. The number of nitrogens with zero attached hydrogens (tertiary/aromatic N) is 8. The smallest absolute Gasteiger partial charge is 0.185 e. The molecule has 2 N–H and O–H groups in total. The molecule has 0 radical (unpaired) electrons. The summed E-state index contributed by atoms with van der Waals surface area (Å²) >= 11 is 0. The molecule has 1 aromatic carbocycles. The number of fused-ring (bicyclic) bond motifs is 2. The van der Waals surface area contributed by atoms with Crippen LogP contribution in [0.3, 0.4) is 0 Å². The third-order valence-electron chi connectivity index (χ3n) is 6.69. The van der Waals surface area contributed by atoms with Crippen LogP contribution in [0.15, 0.2) is 30.6 Å². The van der Waals surface area contributed by atoms with Crippen molar-refractivity contribution < 1.29 is 9.50 Å². The Bertz CT molecular complexity index is 1210. The normalized spacial score (nSPS) is 26.5. The van der Waals surface area contributed by atoms with Gasteiger partial charge in [0.2, 0.25) is 0 Å². The largest absolute Gasteiger partial charge is 0.507 e. The maximum atomic E-state index is 15.2. The first-order chi connectivity index (χ1) is 15.9. The summed E-state index contributed by atoms with van der Waals surface area (Å²) in [5, 5.41) is 38.9. The van der Waals surface area contributed by atoms with Crippen molar-refractivity contribution in [1.29, 1.82) is 5.26 Å². The average Bonchev–Trinajstić information content (AvgIpc) is 3.31. The Hall–Kier alpha value is -3.65. The molecule has 0 saturated carbocycles. The lowest BCUT2D eigenvalue weighted by molar-refractivity contribution is 0.0607. The quantitative estimate of drug-likeness (QED) is 0.615. The molecule has 33 heavy (non-hydrogen) atoms. The van der Waals surface area contributed by atoms with Crippen molar-refractivity contribution in [3.63, 3.8) is 0 Å². The van der Waals surface area contributed by atoms with E-state index in [-0.39, 0.29) is 34.9 Å². The number of nitrogens with one attached hydrogen (secondary N) is 1. The first kappa shape index (κ1) is 21.2. The molecule has 10 nitrogen and oxygen atoms in total. The molecule has 2 bridgehead atoms. The third-order valence-corrected chi connectivity index (χ3v) is 6.69. The molecule has 4 heterocycles. The van der Waals surface area contributed by atoms with Gasteiger partial charge < -0.3 is 15.3 Å². The average molecular weight is 449 g/mol. The Morgan fingerprint density at radius 1 is 1.33 bits per heavy atom. The van der Waals surface area contributed by atoms with Gasteiger partial charge in [-0.1, -0.05) is 5.21 Å². The van der Waals surface area contributed by atoms with Crippen LogP contribution in [0.4, 0.5) is 10.2 Å². The fourth-order valence-electron chi connectivity index (χ4n) is 4.91. The van der Waals surface area contributed by atoms with Crippen LogP contribution in [-0.4, -0.2) is 66.1 Å². The number of phenols is 1. The monoisotopic (exact) mass is 449 g/mol. The maximum absolute atomic E-state index is 15.2. The van der Waals surface area contributed by atoms with Crippen molar-refractivity contribution in [3.05, 3.63) is 36.3 Å². The van der Waals surface area contributed by atoms with Gasteiger partial charge in [-0.2, -0.15) is 5.26 Å². The zero-order chi connectivity index (χ0) is 23.2. The van der Waals surface area contributed by atoms with Gasteiger partial charge in [0.25, 0.3) is 0 Å². The van der Waals surface area contributed by atoms with E-state index in [9.17, 15) is 5.11 Å². The molecule has 0 spiro atoms. The summed E-state index contributed by atoms with van der Waals surface area (Å²) in [7, 11) is 1.83. The number of phenolic OH excluding ortho intramolecular Hbond substituents is 1. The van der Waals surface area contributed by atoms with Gasteiger partial charge in [0.15, 0.2) is 17.3 Å². The number of piperidine rings is 2. The van der Waals surface area contributed by atoms with E-state index in [0.717, 1.165) is 19.3 Å². The van der Waals surface area contributed by atoms with Gasteiger partial charge in [0.05, 0.1) is 29.7 Å². The summed E-state index contributed by atoms with van der Waals surface area (Å²) < 4.78 is 16.6. The minimum atomic E-state index is -1.00. The van der Waals surface area contributed by atoms with E-state index >= 15 is 4.39 Å². The van der Waals surface area contributed by atoms with Crippen LogP contribution < -0.4 is 10.2 Å². The summed E-state index contributed by atoms with van der Waals surface area (Å²) in [4.78, 5) is 6.19. The number of alkyl halides is 1. The van der Waals surface area contributed by atoms with Gasteiger partial charge in [-0.25, -0.2) is 14.1 Å². The lowest BCUT2D eigenvalue weighted by atomic mass is 9.74. The first-order valence-electron chi connectivity index (χ1n) is 10.9. The van der Waals surface area contributed by atoms with Gasteiger partial charge >= 0.3 is 0 Å². The number of aromatic nitrogens is 6. The topological polar surface area (TPSA) is 129 Å². The summed E-state index contributed by atoms with van der Waals surface area (Å²) in [6.45, 7) is 2.16. The van der Waals surface area contributed by atoms with Gasteiger partial charge in [-0.3, -0.25) is 0 Å². The highest BCUT2D eigenvalue weighted by Gasteiger charge is 2.47. The number of hydrogen-bond donors (Lipinski definition) is 2. The molecule has 3 aromatic rings. The van der Waals surface area contributed by atoms with Crippen LogP contribution in [0.2, 0.25) is 0 Å². The molecular formula is C22H24FN9O. The summed E-state index contributed by atoms with van der Waals surface area (Å²) in [6.07, 6.45) is 5.61. The van der Waals surface area contributed by atoms with Crippen molar-refractivity contribution in [2.24, 2.45) is 0 Å². The molecule has 170 valence electrons. The second-order valence-corrected chi connectivity index (χ2v) is 9.03. The minimum absolute atomic E-state index is 0.0626. The Labute approximate surface area is 190 Å². The highest BCUT2D eigenvalue weighted by molar-refractivity contribution is 5.66. The summed E-state index contributed by atoms with van der Waals surface area (Å²) in [5.74, 6) is 0.670. The standard InChI is InChI=1S/C22H24FN9O/c1-22-7-3-4-16(26-22)20(23)17(9-22)31(2)19-11-25-21(29-28-19)15-6-5-14(8-18(15)33)32-12-13(10-24)27-30-32/h5-6,8,11-12,16-17,20,26,33H,3-4,7,9H2,1-2H3/t16-,17-,20+,22-/m0/s1. The van der Waals surface area contributed by atoms with E-state index < -0.39 is 6.17 Å². The molecule has 2 aromatic heterocycles. The zero-order valence-electron chi connectivity index (χ0n) is 18.4. The van der Waals surface area contributed by atoms with Crippen LogP contribution in [-0.2, 0) is 0 Å². The van der Waals surface area contributed by atoms with Crippen LogP contribution in [0, 0.1) is 11.3 Å². The fourth-order valence-corrected chi connectivity index (χ4v) is 4.91. The second-order valence-electron chi connectivity index (χ2n) is 9.03. The van der Waals surface area contributed by atoms with Crippen LogP contribution in [0.1, 0.15) is 38.3 Å². The predicted molar refractivity (Wildman–Crippen MR) is 117 cm³/mol. The van der Waals surface area contributed by atoms with E-state index in [1.54, 1.807) is 18.3 Å². The minimum Gasteiger partial charge on any atom is -0.507 e. The highest BCUT2D eigenvalue weighted by Crippen LogP contribution is 2.38. The van der Waals surface area contributed by atoms with Gasteiger partial charge in [0, 0.05) is 24.7 Å². The van der Waals surface area contributed by atoms with Gasteiger partial charge in [-0.05, 0) is 44.7 Å². The number of nitriles is 1. The van der Waals surface area contributed by atoms with Crippen molar-refractivity contribution in [3.8, 4) is 28.9 Å². The number of halogens is 1. The van der Waals surface area contributed by atoms with Crippen molar-refractivity contribution in [2.45, 2.75) is 56.4 Å². The number of hydrogen-bond acceptors (Lipinski definition) is 9. The highest BCUT2D eigenvalue weighted by atomic mass is 19.1. The molecular weight excluding hydrogens is 425 g/mol. The van der Waals surface area contributed by atoms with E-state index in [1.807, 2.05) is 18.0 Å². The van der Waals surface area contributed by atoms with E-state index in [0.29, 0.717) is 23.5 Å². The van der Waals surface area contributed by atoms with E-state index in [1.165, 1.54) is 16.9 Å². The Morgan fingerprint density at radius 2 is 2.18 bits per heavy atom. The molecule has 5 rings (SSSR count). The number of rotatable bonds is 4. The molecule has 0 amide bonds. The van der Waals surface area contributed by atoms with Crippen molar-refractivity contribution in [1.82, 2.24) is 35.5 Å². The lowest BCUT2D eigenvalue weighted by Gasteiger charge is -2.51. The molecule has 2 aliphatic rings. The van der Waals surface area contributed by atoms with Crippen LogP contribution in [0.25, 0.3) is 17.1 Å². The Kier molecular flexibility index (Phi) is 5.17. The summed E-state index contributed by atoms with van der Waals surface area (Å²) in [6, 6.07) is 6.29. The fraction of sp³-hybridized carbons (Fsp3) is 0.455. The van der Waals surface area contributed by atoms with E-state index in [4.69, 9.17) is 5.26 Å². The number of anilines is 1. The van der Waals surface area contributed by atoms with Crippen molar-refractivity contribution in [2.75, 3.05) is 11.9 Å². The molecule has 4 atom stereocenters. The lowest BCUT2D eigenvalue weighted by Crippen LogP contribution is -2.66. The number of benzene rings is 1. The Morgan fingerprint density at radius 3 is 2.88 bits per heavy atom. The molecule has 11 heteroatoms. The third kappa shape index (κ3) is 3.87. The zero-order valence-corrected chi connectivity index (χ0v) is 18.4. The molecule has 0 unspecified atom stereocenters. The van der Waals surface area contributed by atoms with Crippen LogP contribution in [0.5, 0.6) is 5.75 Å². The second kappa shape index (κ2) is 8.04. The molecule has 2 saturated heterocycles. The molecule has 0 aliphatic carbocycles.